The Bertz CT molecular complexity index is 3920. The molecule has 94 heavy (non-hydrogen) atoms. The second kappa shape index (κ2) is 25.3. The van der Waals surface area contributed by atoms with Gasteiger partial charge in [0.1, 0.15) is 40.0 Å². The number of carbonyl (C=O) groups excluding carboxylic acids is 6. The van der Waals surface area contributed by atoms with E-state index in [0.29, 0.717) is 6.07 Å². The number of hydrogen-bond donors (Lipinski definition) is 6. The maximum Gasteiger partial charge on any atom is 0.276 e. The highest BCUT2D eigenvalue weighted by Crippen LogP contribution is 2.42. The fourth-order valence-corrected chi connectivity index (χ4v) is 14.2. The van der Waals surface area contributed by atoms with Gasteiger partial charge in [0.05, 0.1) is 37.9 Å². The predicted molar refractivity (Wildman–Crippen MR) is 323 cm³/mol. The molecule has 494 valence electrons. The van der Waals surface area contributed by atoms with Crippen molar-refractivity contribution in [1.29, 1.82) is 0 Å². The molecule has 3 aromatic heterocycles. The number of aromatic hydroxyl groups is 3. The molecule has 28 heteroatoms. The SMILES string of the molecule is C.Cc1ccc(CNC(=O)c2cn3c(c(O)c2=O)C(=O)N2[C@@H]4CC[C@@H](C4)O[C@H]2C3)c(F)c1.Cc1ccc(CNC(=O)c2cn3c(c(O)c2=O)C(=O)N2[C@@H]4CC[C@@H](C4)O[C@H]2C3)c(F)c1.O=C(NCc1ccc(F)cc1F)c1cn2c(c(O)c1=O)C(=O)N1[C@@H]3CC[C@@H](C3)O[C@H]1C2. The van der Waals surface area contributed by atoms with Crippen molar-refractivity contribution in [3.63, 3.8) is 0 Å². The van der Waals surface area contributed by atoms with E-state index in [-0.39, 0.29) is 134 Å². The second-order valence-electron chi connectivity index (χ2n) is 24.8. The van der Waals surface area contributed by atoms with Gasteiger partial charge in [-0.3, -0.25) is 43.2 Å². The van der Waals surface area contributed by atoms with Gasteiger partial charge in [-0.1, -0.05) is 37.8 Å². The number of fused-ring (bicyclic) bond motifs is 15. The second-order valence-corrected chi connectivity index (χ2v) is 24.8. The number of carbonyl (C=O) groups is 6. The highest BCUT2D eigenvalue weighted by Gasteiger charge is 2.51. The van der Waals surface area contributed by atoms with E-state index < -0.39 is 111 Å². The summed E-state index contributed by atoms with van der Waals surface area (Å²) in [5, 5.41) is 38.9. The molecule has 15 rings (SSSR count). The van der Waals surface area contributed by atoms with Crippen LogP contribution in [0.1, 0.15) is 156 Å². The summed E-state index contributed by atoms with van der Waals surface area (Å²) >= 11 is 0. The molecule has 24 nitrogen and oxygen atoms in total. The minimum Gasteiger partial charge on any atom is -0.503 e. The minimum atomic E-state index is -0.989. The summed E-state index contributed by atoms with van der Waals surface area (Å²) in [6.45, 7) is 3.61. The van der Waals surface area contributed by atoms with Crippen molar-refractivity contribution in [2.45, 2.75) is 173 Å². The maximum absolute atomic E-state index is 14.0. The first-order valence-corrected chi connectivity index (χ1v) is 30.6. The summed E-state index contributed by atoms with van der Waals surface area (Å²) in [5.41, 5.74) is -2.19. The topological polar surface area (TPSA) is 303 Å². The Labute approximate surface area is 533 Å². The Morgan fingerprint density at radius 2 is 0.755 bits per heavy atom. The van der Waals surface area contributed by atoms with Gasteiger partial charge in [0.15, 0.2) is 53.0 Å². The van der Waals surface area contributed by atoms with Crippen molar-refractivity contribution in [2.75, 3.05) is 0 Å². The van der Waals surface area contributed by atoms with Crippen molar-refractivity contribution >= 4 is 35.4 Å². The zero-order valence-corrected chi connectivity index (χ0v) is 50.2. The fraction of sp³-hybridized carbons (Fsp3) is 0.409. The van der Waals surface area contributed by atoms with Gasteiger partial charge in [0.2, 0.25) is 16.3 Å². The van der Waals surface area contributed by atoms with Gasteiger partial charge in [-0.15, -0.1) is 0 Å². The first kappa shape index (κ1) is 64.4. The number of pyridine rings is 3. The Balaban J connectivity index is 0.000000135. The largest absolute Gasteiger partial charge is 0.503 e. The van der Waals surface area contributed by atoms with Gasteiger partial charge in [0.25, 0.3) is 35.4 Å². The summed E-state index contributed by atoms with van der Waals surface area (Å²) in [6.07, 6.45) is 9.78. The van der Waals surface area contributed by atoms with E-state index in [9.17, 15) is 76.0 Å². The van der Waals surface area contributed by atoms with Gasteiger partial charge in [-0.2, -0.15) is 0 Å². The predicted octanol–water partition coefficient (Wildman–Crippen LogP) is 5.46. The average Bonchev–Trinajstić information content (AvgIpc) is 1.28. The number of aryl methyl sites for hydroxylation is 2. The van der Waals surface area contributed by atoms with Crippen LogP contribution in [-0.2, 0) is 53.5 Å². The van der Waals surface area contributed by atoms with Gasteiger partial charge >= 0.3 is 0 Å². The number of amides is 6. The summed E-state index contributed by atoms with van der Waals surface area (Å²) in [7, 11) is 0. The number of nitrogens with one attached hydrogen (secondary N) is 3. The van der Waals surface area contributed by atoms with Crippen LogP contribution in [0.2, 0.25) is 0 Å². The smallest absolute Gasteiger partial charge is 0.276 e. The van der Waals surface area contributed by atoms with Gasteiger partial charge < -0.3 is 73.9 Å². The van der Waals surface area contributed by atoms with Crippen molar-refractivity contribution in [1.82, 2.24) is 44.4 Å². The van der Waals surface area contributed by atoms with Crippen LogP contribution in [0.3, 0.4) is 0 Å². The molecule has 6 aromatic rings. The zero-order valence-electron chi connectivity index (χ0n) is 50.2. The quantitative estimate of drug-likeness (QED) is 0.0980. The molecule has 6 amide bonds. The normalized spacial score (nSPS) is 23.7. The Kier molecular flexibility index (Phi) is 17.4. The Morgan fingerprint density at radius 1 is 0.457 bits per heavy atom. The van der Waals surface area contributed by atoms with E-state index in [1.165, 1.54) is 50.5 Å². The lowest BCUT2D eigenvalue weighted by Gasteiger charge is -2.44. The molecule has 6 aliphatic heterocycles. The Hall–Kier alpha value is -9.67. The summed E-state index contributed by atoms with van der Waals surface area (Å²) < 4.78 is 77.0. The van der Waals surface area contributed by atoms with E-state index in [2.05, 4.69) is 16.0 Å². The standard InChI is InChI=1S/2C22H22FN3O5.C21H19F2N3O5.CH4/c2*1-11-2-3-12(16(23)6-11)8-24-21(29)15-9-25-10-17-26(13-4-5-14(7-13)31-17)22(30)18(25)20(28)19(15)27;22-11-2-1-10(15(23)5-11)7-24-20(29)14-8-25-9-16-26(12-3-4-13(6-12)31-16)21(30)17(25)19(28)18(14)27;/h2*2-3,6,9,13-14,17,28H,4-5,7-8,10H2,1H3,(H,24,29);1-2,5,8,12-13,16,28H,3-4,6-7,9H2,(H,24,29);1H4/t2*13-,14+,17+;12-,13+,16+;/m111./s1. The van der Waals surface area contributed by atoms with Gasteiger partial charge in [-0.25, -0.2) is 17.6 Å². The number of benzene rings is 3. The number of ether oxygens (including phenoxy) is 3. The van der Waals surface area contributed by atoms with Crippen molar-refractivity contribution in [3.05, 3.63) is 189 Å². The van der Waals surface area contributed by atoms with E-state index in [1.54, 1.807) is 52.8 Å². The number of aromatic nitrogens is 3. The third kappa shape index (κ3) is 11.7. The average molecular weight is 1300 g/mol. The molecule has 3 saturated heterocycles. The van der Waals surface area contributed by atoms with Gasteiger partial charge in [0, 0.05) is 79.1 Å². The summed E-state index contributed by atoms with van der Waals surface area (Å²) in [5.74, 6) is -8.60. The zero-order chi connectivity index (χ0) is 65.6. The lowest BCUT2D eigenvalue weighted by molar-refractivity contribution is -0.132. The number of hydrogen-bond acceptors (Lipinski definition) is 15. The van der Waals surface area contributed by atoms with Gasteiger partial charge in [-0.05, 0) is 101 Å². The molecule has 3 saturated carbocycles. The lowest BCUT2D eigenvalue weighted by Crippen LogP contribution is -2.57. The molecule has 3 aromatic carbocycles. The highest BCUT2D eigenvalue weighted by molar-refractivity contribution is 6.01. The van der Waals surface area contributed by atoms with Crippen molar-refractivity contribution < 1.29 is 75.9 Å². The maximum atomic E-state index is 14.0. The molecule has 9 atom stereocenters. The third-order valence-corrected chi connectivity index (χ3v) is 18.9. The third-order valence-electron chi connectivity index (χ3n) is 18.9. The van der Waals surface area contributed by atoms with Crippen LogP contribution >= 0.6 is 0 Å². The van der Waals surface area contributed by atoms with E-state index in [0.717, 1.165) is 75.0 Å². The number of nitrogens with zero attached hydrogens (tertiary/aromatic N) is 6. The van der Waals surface area contributed by atoms with Crippen LogP contribution in [0.5, 0.6) is 17.2 Å². The van der Waals surface area contributed by atoms with Crippen LogP contribution in [0, 0.1) is 37.1 Å². The monoisotopic (exact) mass is 1300 g/mol. The van der Waals surface area contributed by atoms with Crippen LogP contribution in [0.15, 0.2) is 87.6 Å². The lowest BCUT2D eigenvalue weighted by atomic mass is 10.1. The minimum absolute atomic E-state index is 0. The molecule has 6 N–H and O–H groups in total. The van der Waals surface area contributed by atoms with Crippen LogP contribution < -0.4 is 32.2 Å². The van der Waals surface area contributed by atoms with Crippen LogP contribution in [0.4, 0.5) is 17.6 Å². The molecule has 9 heterocycles. The Morgan fingerprint density at radius 3 is 1.05 bits per heavy atom. The van der Waals surface area contributed by atoms with Crippen LogP contribution in [-0.4, -0.2) is 134 Å². The summed E-state index contributed by atoms with van der Waals surface area (Å²) in [4.78, 5) is 120. The molecular weight excluding hydrogens is 1230 g/mol. The first-order chi connectivity index (χ1) is 44.5. The summed E-state index contributed by atoms with van der Waals surface area (Å²) in [6, 6.07) is 12.3. The van der Waals surface area contributed by atoms with E-state index in [4.69, 9.17) is 14.2 Å². The molecule has 3 aliphatic carbocycles. The van der Waals surface area contributed by atoms with Crippen molar-refractivity contribution in [3.8, 4) is 17.2 Å². The number of halogens is 4. The molecule has 6 fully saturated rings. The van der Waals surface area contributed by atoms with E-state index >= 15 is 0 Å². The molecule has 9 aliphatic rings. The molecule has 0 unspecified atom stereocenters. The molecule has 6 bridgehead atoms. The highest BCUT2D eigenvalue weighted by atomic mass is 19.1. The van der Waals surface area contributed by atoms with Crippen molar-refractivity contribution in [2.24, 2.45) is 0 Å². The molecular formula is C66H67F4N9O15. The number of rotatable bonds is 9. The fourth-order valence-electron chi connectivity index (χ4n) is 14.2. The van der Waals surface area contributed by atoms with E-state index in [1.807, 2.05) is 0 Å². The van der Waals surface area contributed by atoms with Crippen LogP contribution in [0.25, 0.3) is 0 Å². The molecule has 0 radical (unpaired) electrons. The first-order valence-electron chi connectivity index (χ1n) is 30.6. The molecule has 0 spiro atoms.